The molecule has 5 nitrogen and oxygen atoms in total. The Bertz CT molecular complexity index is 659. The average molecular weight is 301 g/mol. The van der Waals surface area contributed by atoms with Gasteiger partial charge in [-0.2, -0.15) is 10.1 Å². The molecule has 0 spiro atoms. The van der Waals surface area contributed by atoms with Gasteiger partial charge in [0.05, 0.1) is 0 Å². The molecule has 1 aliphatic rings. The van der Waals surface area contributed by atoms with Crippen LogP contribution in [0.2, 0.25) is 0 Å². The molecule has 2 heterocycles. The number of hydrogen-bond acceptors (Lipinski definition) is 5. The zero-order valence-corrected chi connectivity index (χ0v) is 12.9. The van der Waals surface area contributed by atoms with Crippen LogP contribution in [0, 0.1) is 11.7 Å². The second kappa shape index (κ2) is 6.22. The maximum atomic E-state index is 5.01. The monoisotopic (exact) mass is 301 g/mol. The molecule has 1 aromatic carbocycles. The molecule has 1 aliphatic heterocycles. The van der Waals surface area contributed by atoms with Gasteiger partial charge in [-0.1, -0.05) is 0 Å². The van der Waals surface area contributed by atoms with Gasteiger partial charge >= 0.3 is 0 Å². The molecule has 21 heavy (non-hydrogen) atoms. The summed E-state index contributed by atoms with van der Waals surface area (Å²) in [5.74, 6) is 0.699. The minimum atomic E-state index is 0.382. The van der Waals surface area contributed by atoms with Crippen LogP contribution in [-0.4, -0.2) is 28.3 Å². The van der Waals surface area contributed by atoms with Crippen molar-refractivity contribution in [2.45, 2.75) is 26.2 Å². The second-order valence-corrected chi connectivity index (χ2v) is 5.68. The third kappa shape index (κ3) is 3.39. The summed E-state index contributed by atoms with van der Waals surface area (Å²) in [6, 6.07) is 8.45. The van der Waals surface area contributed by atoms with E-state index in [1.54, 1.807) is 0 Å². The summed E-state index contributed by atoms with van der Waals surface area (Å²) in [6.07, 6.45) is 3.93. The highest BCUT2D eigenvalue weighted by atomic mass is 32.1. The van der Waals surface area contributed by atoms with E-state index in [2.05, 4.69) is 49.7 Å². The SMILES string of the molecule is Cc1n[nH]c(=S)nc1Nc1ccc(N2CCCCC2)cc1. The van der Waals surface area contributed by atoms with Crippen molar-refractivity contribution in [3.63, 3.8) is 0 Å². The summed E-state index contributed by atoms with van der Waals surface area (Å²) in [4.78, 5) is 6.70. The summed E-state index contributed by atoms with van der Waals surface area (Å²) < 4.78 is 0.382. The summed E-state index contributed by atoms with van der Waals surface area (Å²) in [6.45, 7) is 4.21. The molecule has 0 saturated carbocycles. The zero-order valence-electron chi connectivity index (χ0n) is 12.1. The fourth-order valence-corrected chi connectivity index (χ4v) is 2.69. The van der Waals surface area contributed by atoms with Gasteiger partial charge in [0.15, 0.2) is 5.82 Å². The summed E-state index contributed by atoms with van der Waals surface area (Å²) >= 11 is 5.01. The molecule has 0 radical (unpaired) electrons. The number of piperidine rings is 1. The molecular weight excluding hydrogens is 282 g/mol. The van der Waals surface area contributed by atoms with Gasteiger partial charge in [0, 0.05) is 24.5 Å². The zero-order chi connectivity index (χ0) is 14.7. The largest absolute Gasteiger partial charge is 0.372 e. The highest BCUT2D eigenvalue weighted by molar-refractivity contribution is 7.71. The van der Waals surface area contributed by atoms with E-state index >= 15 is 0 Å². The van der Waals surface area contributed by atoms with Crippen molar-refractivity contribution in [3.05, 3.63) is 34.7 Å². The van der Waals surface area contributed by atoms with Crippen LogP contribution in [0.4, 0.5) is 17.2 Å². The quantitative estimate of drug-likeness (QED) is 0.849. The van der Waals surface area contributed by atoms with Crippen molar-refractivity contribution in [3.8, 4) is 0 Å². The van der Waals surface area contributed by atoms with Gasteiger partial charge in [0.2, 0.25) is 4.77 Å². The molecule has 0 unspecified atom stereocenters. The van der Waals surface area contributed by atoms with Gasteiger partial charge in [-0.3, -0.25) is 5.10 Å². The van der Waals surface area contributed by atoms with Crippen LogP contribution in [-0.2, 0) is 0 Å². The van der Waals surface area contributed by atoms with E-state index in [9.17, 15) is 0 Å². The second-order valence-electron chi connectivity index (χ2n) is 5.29. The summed E-state index contributed by atoms with van der Waals surface area (Å²) in [7, 11) is 0. The van der Waals surface area contributed by atoms with Crippen molar-refractivity contribution in [1.29, 1.82) is 0 Å². The highest BCUT2D eigenvalue weighted by Gasteiger charge is 2.10. The minimum Gasteiger partial charge on any atom is -0.372 e. The van der Waals surface area contributed by atoms with E-state index in [1.165, 1.54) is 24.9 Å². The van der Waals surface area contributed by atoms with E-state index in [4.69, 9.17) is 12.2 Å². The molecule has 2 N–H and O–H groups in total. The minimum absolute atomic E-state index is 0.382. The Morgan fingerprint density at radius 2 is 1.86 bits per heavy atom. The third-order valence-electron chi connectivity index (χ3n) is 3.73. The molecule has 0 bridgehead atoms. The van der Waals surface area contributed by atoms with Gasteiger partial charge in [0.1, 0.15) is 5.69 Å². The van der Waals surface area contributed by atoms with Crippen LogP contribution in [0.25, 0.3) is 0 Å². The predicted octanol–water partition coefficient (Wildman–Crippen LogP) is 3.58. The molecule has 1 fully saturated rings. The topological polar surface area (TPSA) is 56.8 Å². The van der Waals surface area contributed by atoms with Crippen molar-refractivity contribution < 1.29 is 0 Å². The molecule has 3 rings (SSSR count). The standard InChI is InChI=1S/C15H19N5S/c1-11-14(17-15(21)19-18-11)16-12-5-7-13(8-6-12)20-9-3-2-4-10-20/h5-8H,2-4,9-10H2,1H3,(H2,16,17,19,21). The number of aromatic nitrogens is 3. The van der Waals surface area contributed by atoms with Gasteiger partial charge in [-0.25, -0.2) is 0 Å². The first kappa shape index (κ1) is 14.0. The number of aryl methyl sites for hydroxylation is 1. The van der Waals surface area contributed by atoms with E-state index in [0.717, 1.165) is 24.5 Å². The number of nitrogens with zero attached hydrogens (tertiary/aromatic N) is 3. The van der Waals surface area contributed by atoms with Crippen LogP contribution in [0.5, 0.6) is 0 Å². The van der Waals surface area contributed by atoms with Crippen molar-refractivity contribution >= 4 is 29.4 Å². The Morgan fingerprint density at radius 3 is 2.57 bits per heavy atom. The first-order chi connectivity index (χ1) is 10.2. The lowest BCUT2D eigenvalue weighted by Crippen LogP contribution is -2.29. The molecule has 6 heteroatoms. The lowest BCUT2D eigenvalue weighted by atomic mass is 10.1. The van der Waals surface area contributed by atoms with Crippen LogP contribution in [0.15, 0.2) is 24.3 Å². The molecule has 110 valence electrons. The molecular formula is C15H19N5S. The number of rotatable bonds is 3. The molecule has 0 amide bonds. The highest BCUT2D eigenvalue weighted by Crippen LogP contribution is 2.23. The number of benzene rings is 1. The Hall–Kier alpha value is -1.95. The van der Waals surface area contributed by atoms with Crippen LogP contribution in [0.1, 0.15) is 25.0 Å². The third-order valence-corrected chi connectivity index (χ3v) is 3.91. The fraction of sp³-hybridized carbons (Fsp3) is 0.400. The van der Waals surface area contributed by atoms with Crippen molar-refractivity contribution in [1.82, 2.24) is 15.2 Å². The van der Waals surface area contributed by atoms with Gasteiger partial charge in [0.25, 0.3) is 0 Å². The molecule has 2 aromatic rings. The Balaban J connectivity index is 1.74. The Morgan fingerprint density at radius 1 is 1.14 bits per heavy atom. The lowest BCUT2D eigenvalue weighted by molar-refractivity contribution is 0.578. The van der Waals surface area contributed by atoms with E-state index in [-0.39, 0.29) is 0 Å². The fourth-order valence-electron chi connectivity index (χ4n) is 2.55. The number of nitrogens with one attached hydrogen (secondary N) is 2. The number of aromatic amines is 1. The first-order valence-corrected chi connectivity index (χ1v) is 7.68. The van der Waals surface area contributed by atoms with E-state index in [0.29, 0.717) is 10.6 Å². The lowest BCUT2D eigenvalue weighted by Gasteiger charge is -2.28. The summed E-state index contributed by atoms with van der Waals surface area (Å²) in [5.41, 5.74) is 3.07. The van der Waals surface area contributed by atoms with E-state index in [1.807, 2.05) is 6.92 Å². The van der Waals surface area contributed by atoms with E-state index < -0.39 is 0 Å². The van der Waals surface area contributed by atoms with Gasteiger partial charge in [-0.15, -0.1) is 0 Å². The maximum absolute atomic E-state index is 5.01. The Labute approximate surface area is 129 Å². The molecule has 1 aromatic heterocycles. The average Bonchev–Trinajstić information content (AvgIpc) is 2.53. The molecule has 0 aliphatic carbocycles. The van der Waals surface area contributed by atoms with Gasteiger partial charge < -0.3 is 10.2 Å². The van der Waals surface area contributed by atoms with Gasteiger partial charge in [-0.05, 0) is 62.7 Å². The van der Waals surface area contributed by atoms with Crippen molar-refractivity contribution in [2.75, 3.05) is 23.3 Å². The smallest absolute Gasteiger partial charge is 0.215 e. The number of hydrogen-bond donors (Lipinski definition) is 2. The first-order valence-electron chi connectivity index (χ1n) is 7.28. The van der Waals surface area contributed by atoms with Crippen LogP contribution in [0.3, 0.4) is 0 Å². The van der Waals surface area contributed by atoms with Crippen LogP contribution < -0.4 is 10.2 Å². The molecule has 1 saturated heterocycles. The maximum Gasteiger partial charge on any atom is 0.215 e. The summed E-state index contributed by atoms with van der Waals surface area (Å²) in [5, 5.41) is 10.1. The molecule has 0 atom stereocenters. The van der Waals surface area contributed by atoms with Crippen LogP contribution >= 0.6 is 12.2 Å². The van der Waals surface area contributed by atoms with Crippen molar-refractivity contribution in [2.24, 2.45) is 0 Å². The Kier molecular flexibility index (Phi) is 4.15. The predicted molar refractivity (Wildman–Crippen MR) is 87.7 cm³/mol. The number of anilines is 3. The number of H-pyrrole nitrogens is 1. The normalized spacial score (nSPS) is 15.0.